The normalized spacial score (nSPS) is 13.0. The van der Waals surface area contributed by atoms with Crippen molar-refractivity contribution in [2.75, 3.05) is 0 Å². The van der Waals surface area contributed by atoms with Crippen LogP contribution in [0.2, 0.25) is 5.02 Å². The molecule has 4 N–H and O–H groups in total. The van der Waals surface area contributed by atoms with Crippen molar-refractivity contribution in [1.82, 2.24) is 5.32 Å². The number of rotatable bonds is 9. The fraction of sp³-hybridized carbons (Fsp3) is 0.286. The fourth-order valence-electron chi connectivity index (χ4n) is 3.12. The third-order valence-electron chi connectivity index (χ3n) is 4.50. The summed E-state index contributed by atoms with van der Waals surface area (Å²) in [4.78, 5) is 35.2. The summed E-state index contributed by atoms with van der Waals surface area (Å²) < 4.78 is 15.3. The number of hydrogen-bond acceptors (Lipinski definition) is 4. The van der Waals surface area contributed by atoms with Crippen LogP contribution in [0, 0.1) is 5.82 Å². The summed E-state index contributed by atoms with van der Waals surface area (Å²) >= 11 is 6.11. The van der Waals surface area contributed by atoms with Gasteiger partial charge in [-0.3, -0.25) is 9.59 Å². The molecular weight excluding hydrogens is 399 g/mol. The van der Waals surface area contributed by atoms with Crippen molar-refractivity contribution in [1.29, 1.82) is 0 Å². The van der Waals surface area contributed by atoms with Crippen molar-refractivity contribution in [3.05, 3.63) is 69.5 Å². The van der Waals surface area contributed by atoms with Gasteiger partial charge in [0.05, 0.1) is 16.1 Å². The molecule has 0 unspecified atom stereocenters. The first-order valence-corrected chi connectivity index (χ1v) is 9.43. The molecule has 2 atom stereocenters. The largest absolute Gasteiger partial charge is 0.478 e. The highest BCUT2D eigenvalue weighted by molar-refractivity contribution is 6.35. The minimum Gasteiger partial charge on any atom is -0.478 e. The minimum absolute atomic E-state index is 0.0194. The third-order valence-corrected chi connectivity index (χ3v) is 4.81. The zero-order chi connectivity index (χ0) is 21.7. The molecule has 0 heterocycles. The van der Waals surface area contributed by atoms with E-state index in [2.05, 4.69) is 5.32 Å². The van der Waals surface area contributed by atoms with Crippen molar-refractivity contribution >= 4 is 29.3 Å². The highest BCUT2D eigenvalue weighted by Gasteiger charge is 2.25. The number of primary amides is 1. The van der Waals surface area contributed by atoms with Crippen LogP contribution in [0.5, 0.6) is 0 Å². The van der Waals surface area contributed by atoms with Gasteiger partial charge in [0.2, 0.25) is 5.91 Å². The van der Waals surface area contributed by atoms with Crippen molar-refractivity contribution in [3.8, 4) is 0 Å². The fourth-order valence-corrected chi connectivity index (χ4v) is 3.35. The second kappa shape index (κ2) is 9.62. The van der Waals surface area contributed by atoms with E-state index in [1.165, 1.54) is 36.4 Å². The smallest absolute Gasteiger partial charge is 0.335 e. The van der Waals surface area contributed by atoms with Crippen LogP contribution in [0.15, 0.2) is 36.4 Å². The Kier molecular flexibility index (Phi) is 7.47. The van der Waals surface area contributed by atoms with Crippen LogP contribution in [0.3, 0.4) is 0 Å². The SMILES string of the molecule is CC[C@@H](N[C@@H](C)CC(N)=O)c1ccc(Cl)c(C(=O)c2cccc(C(=O)O)c2)c1F. The second-order valence-electron chi connectivity index (χ2n) is 6.74. The van der Waals surface area contributed by atoms with Gasteiger partial charge in [0.1, 0.15) is 5.82 Å². The number of nitrogens with two attached hydrogens (primary N) is 1. The van der Waals surface area contributed by atoms with E-state index in [4.69, 9.17) is 22.4 Å². The first-order chi connectivity index (χ1) is 13.6. The van der Waals surface area contributed by atoms with Crippen molar-refractivity contribution in [2.24, 2.45) is 5.73 Å². The maximum absolute atomic E-state index is 15.3. The Bertz CT molecular complexity index is 948. The van der Waals surface area contributed by atoms with Crippen LogP contribution in [-0.4, -0.2) is 28.8 Å². The number of carboxylic acids is 1. The number of carbonyl (C=O) groups excluding carboxylic acids is 2. The number of hydrogen-bond donors (Lipinski definition) is 3. The number of amides is 1. The molecule has 0 saturated heterocycles. The molecule has 8 heteroatoms. The lowest BCUT2D eigenvalue weighted by molar-refractivity contribution is -0.118. The lowest BCUT2D eigenvalue weighted by Gasteiger charge is -2.23. The number of nitrogens with one attached hydrogen (secondary N) is 1. The monoisotopic (exact) mass is 420 g/mol. The Morgan fingerprint density at radius 2 is 1.86 bits per heavy atom. The van der Waals surface area contributed by atoms with E-state index in [1.54, 1.807) is 6.92 Å². The summed E-state index contributed by atoms with van der Waals surface area (Å²) in [5.41, 5.74) is 5.04. The van der Waals surface area contributed by atoms with E-state index in [0.29, 0.717) is 6.42 Å². The van der Waals surface area contributed by atoms with E-state index < -0.39 is 29.5 Å². The zero-order valence-corrected chi connectivity index (χ0v) is 16.8. The van der Waals surface area contributed by atoms with Gasteiger partial charge in [0.25, 0.3) is 0 Å². The zero-order valence-electron chi connectivity index (χ0n) is 16.0. The predicted molar refractivity (Wildman–Crippen MR) is 108 cm³/mol. The van der Waals surface area contributed by atoms with Crippen LogP contribution < -0.4 is 11.1 Å². The molecule has 2 aromatic rings. The predicted octanol–water partition coefficient (Wildman–Crippen LogP) is 3.71. The Morgan fingerprint density at radius 1 is 1.21 bits per heavy atom. The molecule has 29 heavy (non-hydrogen) atoms. The van der Waals surface area contributed by atoms with Crippen molar-refractivity contribution < 1.29 is 23.9 Å². The average Bonchev–Trinajstić information content (AvgIpc) is 2.66. The van der Waals surface area contributed by atoms with Gasteiger partial charge in [-0.1, -0.05) is 36.7 Å². The third kappa shape index (κ3) is 5.40. The van der Waals surface area contributed by atoms with Gasteiger partial charge in [0.15, 0.2) is 5.78 Å². The van der Waals surface area contributed by atoms with Crippen molar-refractivity contribution in [3.63, 3.8) is 0 Å². The first-order valence-electron chi connectivity index (χ1n) is 9.06. The Morgan fingerprint density at radius 3 is 2.45 bits per heavy atom. The van der Waals surface area contributed by atoms with E-state index >= 15 is 4.39 Å². The lowest BCUT2D eigenvalue weighted by atomic mass is 9.95. The van der Waals surface area contributed by atoms with Crippen LogP contribution in [0.25, 0.3) is 0 Å². The molecule has 0 aromatic heterocycles. The molecule has 2 aromatic carbocycles. The van der Waals surface area contributed by atoms with Crippen LogP contribution in [0.1, 0.15) is 64.6 Å². The molecule has 0 aliphatic heterocycles. The number of carboxylic acid groups (broad SMARTS) is 1. The summed E-state index contributed by atoms with van der Waals surface area (Å²) in [7, 11) is 0. The summed E-state index contributed by atoms with van der Waals surface area (Å²) in [6, 6.07) is 7.48. The van der Waals surface area contributed by atoms with Gasteiger partial charge in [-0.15, -0.1) is 0 Å². The maximum atomic E-state index is 15.3. The van der Waals surface area contributed by atoms with Gasteiger partial charge in [-0.05, 0) is 31.5 Å². The molecule has 0 aliphatic rings. The lowest BCUT2D eigenvalue weighted by Crippen LogP contribution is -2.34. The number of ketones is 1. The van der Waals surface area contributed by atoms with Gasteiger partial charge in [0, 0.05) is 29.6 Å². The molecule has 2 rings (SSSR count). The Balaban J connectivity index is 2.44. The van der Waals surface area contributed by atoms with E-state index in [1.807, 2.05) is 6.92 Å². The molecule has 0 aliphatic carbocycles. The maximum Gasteiger partial charge on any atom is 0.335 e. The molecule has 0 radical (unpaired) electrons. The van der Waals surface area contributed by atoms with E-state index in [-0.39, 0.29) is 39.7 Å². The van der Waals surface area contributed by atoms with Gasteiger partial charge in [-0.25, -0.2) is 9.18 Å². The van der Waals surface area contributed by atoms with E-state index in [9.17, 15) is 14.4 Å². The standard InChI is InChI=1S/C21H22ClFN2O4/c1-3-16(25-11(2)9-17(24)26)14-7-8-15(22)18(19(14)23)20(27)12-5-4-6-13(10-12)21(28)29/h4-8,10-11,16,25H,3,9H2,1-2H3,(H2,24,26)(H,28,29)/t11-,16+/m0/s1. The molecule has 154 valence electrons. The quantitative estimate of drug-likeness (QED) is 0.535. The van der Waals surface area contributed by atoms with Crippen LogP contribution in [-0.2, 0) is 4.79 Å². The number of carbonyl (C=O) groups is 3. The van der Waals surface area contributed by atoms with Gasteiger partial charge >= 0.3 is 5.97 Å². The molecule has 0 fully saturated rings. The first kappa shape index (κ1) is 22.5. The highest BCUT2D eigenvalue weighted by atomic mass is 35.5. The minimum atomic E-state index is -1.20. The molecule has 0 spiro atoms. The average molecular weight is 421 g/mol. The molecule has 0 bridgehead atoms. The summed E-state index contributed by atoms with van der Waals surface area (Å²) in [6.07, 6.45) is 0.573. The van der Waals surface area contributed by atoms with Crippen LogP contribution in [0.4, 0.5) is 4.39 Å². The molecule has 6 nitrogen and oxygen atoms in total. The number of halogens is 2. The summed E-state index contributed by atoms with van der Waals surface area (Å²) in [5.74, 6) is -3.17. The number of aromatic carboxylic acids is 1. The van der Waals surface area contributed by atoms with Gasteiger partial charge < -0.3 is 16.2 Å². The Hall–Kier alpha value is -2.77. The number of benzene rings is 2. The van der Waals surface area contributed by atoms with Crippen molar-refractivity contribution in [2.45, 2.75) is 38.8 Å². The van der Waals surface area contributed by atoms with Gasteiger partial charge in [-0.2, -0.15) is 0 Å². The Labute approximate surface area is 172 Å². The molecule has 0 saturated carbocycles. The summed E-state index contributed by atoms with van der Waals surface area (Å²) in [6.45, 7) is 3.59. The summed E-state index contributed by atoms with van der Waals surface area (Å²) in [5, 5.41) is 12.2. The molecular formula is C21H22ClFN2O4. The topological polar surface area (TPSA) is 109 Å². The highest BCUT2D eigenvalue weighted by Crippen LogP contribution is 2.30. The van der Waals surface area contributed by atoms with E-state index in [0.717, 1.165) is 0 Å². The van der Waals surface area contributed by atoms with Crippen LogP contribution >= 0.6 is 11.6 Å². The molecule has 1 amide bonds. The second-order valence-corrected chi connectivity index (χ2v) is 7.15.